The second kappa shape index (κ2) is 6.08. The zero-order chi connectivity index (χ0) is 11.3. The number of carbonyl (C=O) groups excluding carboxylic acids is 1. The van der Waals surface area contributed by atoms with Crippen LogP contribution in [-0.4, -0.2) is 43.2 Å². The lowest BCUT2D eigenvalue weighted by molar-refractivity contribution is -0.135. The quantitative estimate of drug-likeness (QED) is 0.751. The van der Waals surface area contributed by atoms with Crippen LogP contribution in [0.25, 0.3) is 0 Å². The Morgan fingerprint density at radius 3 is 2.60 bits per heavy atom. The van der Waals surface area contributed by atoms with Gasteiger partial charge in [0, 0.05) is 20.2 Å². The number of hydrogen-bond acceptors (Lipinski definition) is 3. The van der Waals surface area contributed by atoms with Crippen molar-refractivity contribution >= 4 is 5.91 Å². The van der Waals surface area contributed by atoms with E-state index in [1.165, 1.54) is 0 Å². The van der Waals surface area contributed by atoms with Crippen LogP contribution < -0.4 is 5.73 Å². The van der Waals surface area contributed by atoms with Gasteiger partial charge in [0.25, 0.3) is 0 Å². The molecule has 0 aromatic rings. The van der Waals surface area contributed by atoms with Gasteiger partial charge in [-0.3, -0.25) is 4.79 Å². The predicted octanol–water partition coefficient (Wildman–Crippen LogP) is 0.751. The van der Waals surface area contributed by atoms with Gasteiger partial charge in [0.05, 0.1) is 12.1 Å². The van der Waals surface area contributed by atoms with Gasteiger partial charge in [-0.15, -0.1) is 0 Å². The normalized spacial score (nSPS) is 20.3. The van der Waals surface area contributed by atoms with E-state index < -0.39 is 0 Å². The summed E-state index contributed by atoms with van der Waals surface area (Å²) >= 11 is 0. The number of nitrogens with zero attached hydrogens (tertiary/aromatic N) is 1. The van der Waals surface area contributed by atoms with Gasteiger partial charge in [0.2, 0.25) is 5.91 Å². The van der Waals surface area contributed by atoms with Gasteiger partial charge < -0.3 is 15.4 Å². The SMILES string of the molecule is CCC[C@@H](N)C(=O)N1CCC(OC)CC1. The molecular formula is C11H22N2O2. The van der Waals surface area contributed by atoms with Crippen molar-refractivity contribution in [1.82, 2.24) is 4.90 Å². The van der Waals surface area contributed by atoms with E-state index in [1.54, 1.807) is 7.11 Å². The van der Waals surface area contributed by atoms with Crippen LogP contribution in [0.15, 0.2) is 0 Å². The third-order valence-corrected chi connectivity index (χ3v) is 3.00. The fourth-order valence-electron chi connectivity index (χ4n) is 1.98. The van der Waals surface area contributed by atoms with Crippen LogP contribution in [-0.2, 0) is 9.53 Å². The average Bonchev–Trinajstić information content (AvgIpc) is 2.28. The summed E-state index contributed by atoms with van der Waals surface area (Å²) in [5.41, 5.74) is 5.80. The van der Waals surface area contributed by atoms with Gasteiger partial charge in [-0.1, -0.05) is 13.3 Å². The van der Waals surface area contributed by atoms with E-state index in [9.17, 15) is 4.79 Å². The number of likely N-dealkylation sites (tertiary alicyclic amines) is 1. The van der Waals surface area contributed by atoms with E-state index in [-0.39, 0.29) is 11.9 Å². The molecule has 1 rings (SSSR count). The minimum atomic E-state index is -0.311. The zero-order valence-electron chi connectivity index (χ0n) is 9.74. The first-order valence-electron chi connectivity index (χ1n) is 5.76. The summed E-state index contributed by atoms with van der Waals surface area (Å²) in [6, 6.07) is -0.311. The number of rotatable bonds is 4. The average molecular weight is 214 g/mol. The highest BCUT2D eigenvalue weighted by Gasteiger charge is 2.25. The van der Waals surface area contributed by atoms with E-state index in [4.69, 9.17) is 10.5 Å². The third-order valence-electron chi connectivity index (χ3n) is 3.00. The monoisotopic (exact) mass is 214 g/mol. The molecule has 0 unspecified atom stereocenters. The maximum absolute atomic E-state index is 11.8. The lowest BCUT2D eigenvalue weighted by Crippen LogP contribution is -2.48. The molecule has 0 bridgehead atoms. The van der Waals surface area contributed by atoms with Crippen molar-refractivity contribution in [1.29, 1.82) is 0 Å². The smallest absolute Gasteiger partial charge is 0.239 e. The number of nitrogens with two attached hydrogens (primary N) is 1. The molecule has 1 amide bonds. The fraction of sp³-hybridized carbons (Fsp3) is 0.909. The van der Waals surface area contributed by atoms with Crippen molar-refractivity contribution in [2.24, 2.45) is 5.73 Å². The lowest BCUT2D eigenvalue weighted by Gasteiger charge is -2.32. The molecule has 2 N–H and O–H groups in total. The molecule has 0 aliphatic carbocycles. The van der Waals surface area contributed by atoms with E-state index in [0.29, 0.717) is 6.10 Å². The van der Waals surface area contributed by atoms with E-state index in [1.807, 2.05) is 11.8 Å². The summed E-state index contributed by atoms with van der Waals surface area (Å²) in [4.78, 5) is 13.7. The van der Waals surface area contributed by atoms with Crippen molar-refractivity contribution in [2.45, 2.75) is 44.8 Å². The van der Waals surface area contributed by atoms with Gasteiger partial charge in [-0.2, -0.15) is 0 Å². The van der Waals surface area contributed by atoms with Gasteiger partial charge in [-0.25, -0.2) is 0 Å². The van der Waals surface area contributed by atoms with Crippen LogP contribution in [0.2, 0.25) is 0 Å². The Morgan fingerprint density at radius 1 is 1.53 bits per heavy atom. The summed E-state index contributed by atoms with van der Waals surface area (Å²) in [7, 11) is 1.73. The molecule has 1 fully saturated rings. The Labute approximate surface area is 91.8 Å². The van der Waals surface area contributed by atoms with Crippen LogP contribution in [0.3, 0.4) is 0 Å². The summed E-state index contributed by atoms with van der Waals surface area (Å²) in [6.45, 7) is 3.62. The maximum Gasteiger partial charge on any atom is 0.239 e. The first-order valence-corrected chi connectivity index (χ1v) is 5.76. The number of ether oxygens (including phenoxy) is 1. The molecule has 4 heteroatoms. The molecule has 88 valence electrons. The molecular weight excluding hydrogens is 192 g/mol. The van der Waals surface area contributed by atoms with Crippen LogP contribution in [0, 0.1) is 0 Å². The molecule has 0 radical (unpaired) electrons. The Morgan fingerprint density at radius 2 is 2.13 bits per heavy atom. The molecule has 1 heterocycles. The van der Waals surface area contributed by atoms with Gasteiger partial charge in [0.15, 0.2) is 0 Å². The van der Waals surface area contributed by atoms with E-state index in [0.717, 1.165) is 38.8 Å². The largest absolute Gasteiger partial charge is 0.381 e. The summed E-state index contributed by atoms with van der Waals surface area (Å²) in [5, 5.41) is 0. The third kappa shape index (κ3) is 3.47. The minimum absolute atomic E-state index is 0.103. The molecule has 0 spiro atoms. The van der Waals surface area contributed by atoms with Gasteiger partial charge in [0.1, 0.15) is 0 Å². The topological polar surface area (TPSA) is 55.6 Å². The second-order valence-electron chi connectivity index (χ2n) is 4.16. The lowest BCUT2D eigenvalue weighted by atomic mass is 10.1. The molecule has 1 aliphatic heterocycles. The Balaban J connectivity index is 2.35. The first kappa shape index (κ1) is 12.5. The van der Waals surface area contributed by atoms with E-state index >= 15 is 0 Å². The minimum Gasteiger partial charge on any atom is -0.381 e. The van der Waals surface area contributed by atoms with Gasteiger partial charge >= 0.3 is 0 Å². The summed E-state index contributed by atoms with van der Waals surface area (Å²) < 4.78 is 5.26. The van der Waals surface area contributed by atoms with Crippen LogP contribution in [0.1, 0.15) is 32.6 Å². The molecule has 0 aromatic carbocycles. The Bertz CT molecular complexity index is 201. The van der Waals surface area contributed by atoms with Crippen molar-refractivity contribution in [3.05, 3.63) is 0 Å². The number of methoxy groups -OCH3 is 1. The summed E-state index contributed by atoms with van der Waals surface area (Å²) in [5.74, 6) is 0.103. The van der Waals surface area contributed by atoms with Crippen LogP contribution in [0.5, 0.6) is 0 Å². The van der Waals surface area contributed by atoms with Gasteiger partial charge in [-0.05, 0) is 19.3 Å². The molecule has 1 saturated heterocycles. The fourth-order valence-corrected chi connectivity index (χ4v) is 1.98. The second-order valence-corrected chi connectivity index (χ2v) is 4.16. The molecule has 15 heavy (non-hydrogen) atoms. The van der Waals surface area contributed by atoms with Crippen LogP contribution >= 0.6 is 0 Å². The van der Waals surface area contributed by atoms with Crippen molar-refractivity contribution in [3.63, 3.8) is 0 Å². The molecule has 4 nitrogen and oxygen atoms in total. The molecule has 1 atom stereocenters. The first-order chi connectivity index (χ1) is 7.19. The molecule has 1 aliphatic rings. The highest BCUT2D eigenvalue weighted by atomic mass is 16.5. The Hall–Kier alpha value is -0.610. The summed E-state index contributed by atoms with van der Waals surface area (Å²) in [6.07, 6.45) is 3.92. The standard InChI is InChI=1S/C11H22N2O2/c1-3-4-10(12)11(14)13-7-5-9(15-2)6-8-13/h9-10H,3-8,12H2,1-2H3/t10-/m1/s1. The number of piperidine rings is 1. The maximum atomic E-state index is 11.8. The predicted molar refractivity (Wildman–Crippen MR) is 59.5 cm³/mol. The number of carbonyl (C=O) groups is 1. The van der Waals surface area contributed by atoms with E-state index in [2.05, 4.69) is 0 Å². The zero-order valence-corrected chi connectivity index (χ0v) is 9.74. The van der Waals surface area contributed by atoms with Crippen molar-refractivity contribution in [3.8, 4) is 0 Å². The highest BCUT2D eigenvalue weighted by molar-refractivity contribution is 5.81. The Kier molecular flexibility index (Phi) is 5.05. The number of hydrogen-bond donors (Lipinski definition) is 1. The van der Waals surface area contributed by atoms with Crippen molar-refractivity contribution in [2.75, 3.05) is 20.2 Å². The van der Waals surface area contributed by atoms with Crippen molar-refractivity contribution < 1.29 is 9.53 Å². The molecule has 0 aromatic heterocycles. The molecule has 0 saturated carbocycles. The van der Waals surface area contributed by atoms with Crippen LogP contribution in [0.4, 0.5) is 0 Å². The number of amides is 1. The highest BCUT2D eigenvalue weighted by Crippen LogP contribution is 2.14.